The summed E-state index contributed by atoms with van der Waals surface area (Å²) in [6.45, 7) is 8.62. The van der Waals surface area contributed by atoms with Crippen LogP contribution in [0.4, 0.5) is 5.82 Å². The fraction of sp³-hybridized carbons (Fsp3) is 0.667. The van der Waals surface area contributed by atoms with Crippen LogP contribution in [0.3, 0.4) is 0 Å². The second-order valence-electron chi connectivity index (χ2n) is 5.92. The van der Waals surface area contributed by atoms with Crippen LogP contribution >= 0.6 is 0 Å². The molecule has 0 spiro atoms. The summed E-state index contributed by atoms with van der Waals surface area (Å²) in [7, 11) is 1.99. The van der Waals surface area contributed by atoms with Crippen molar-refractivity contribution >= 4 is 16.9 Å². The smallest absolute Gasteiger partial charge is 0.158 e. The Labute approximate surface area is 120 Å². The van der Waals surface area contributed by atoms with Crippen LogP contribution in [0.1, 0.15) is 38.2 Å². The molecule has 5 nitrogen and oxygen atoms in total. The van der Waals surface area contributed by atoms with Crippen molar-refractivity contribution in [3.63, 3.8) is 0 Å². The van der Waals surface area contributed by atoms with Crippen molar-refractivity contribution in [2.75, 3.05) is 18.0 Å². The van der Waals surface area contributed by atoms with E-state index in [-0.39, 0.29) is 0 Å². The molecule has 0 radical (unpaired) electrons. The zero-order valence-corrected chi connectivity index (χ0v) is 12.8. The van der Waals surface area contributed by atoms with E-state index in [1.165, 1.54) is 12.8 Å². The highest BCUT2D eigenvalue weighted by Crippen LogP contribution is 2.29. The van der Waals surface area contributed by atoms with E-state index in [1.54, 1.807) is 0 Å². The van der Waals surface area contributed by atoms with Gasteiger partial charge in [-0.25, -0.2) is 9.97 Å². The van der Waals surface area contributed by atoms with Crippen molar-refractivity contribution in [3.05, 3.63) is 11.5 Å². The fourth-order valence-corrected chi connectivity index (χ4v) is 3.12. The minimum atomic E-state index is 0.730. The highest BCUT2D eigenvalue weighted by atomic mass is 15.3. The first-order valence-electron chi connectivity index (χ1n) is 7.55. The summed E-state index contributed by atoms with van der Waals surface area (Å²) in [6, 6.07) is 0. The molecule has 0 bridgehead atoms. The number of anilines is 1. The fourth-order valence-electron chi connectivity index (χ4n) is 3.12. The average Bonchev–Trinajstić information content (AvgIpc) is 2.73. The predicted molar refractivity (Wildman–Crippen MR) is 81.0 cm³/mol. The summed E-state index contributed by atoms with van der Waals surface area (Å²) in [6.07, 6.45) is 3.42. The Kier molecular flexibility index (Phi) is 3.36. The van der Waals surface area contributed by atoms with Crippen LogP contribution in [-0.2, 0) is 13.5 Å². The highest BCUT2D eigenvalue weighted by Gasteiger charge is 2.23. The molecule has 3 heterocycles. The second kappa shape index (κ2) is 5.04. The molecular weight excluding hydrogens is 250 g/mol. The van der Waals surface area contributed by atoms with E-state index in [0.717, 1.165) is 53.8 Å². The molecule has 0 aliphatic carbocycles. The Hall–Kier alpha value is -1.65. The molecule has 0 unspecified atom stereocenters. The molecule has 0 saturated carbocycles. The van der Waals surface area contributed by atoms with Gasteiger partial charge in [0.2, 0.25) is 0 Å². The summed E-state index contributed by atoms with van der Waals surface area (Å²) in [5, 5.41) is 4.53. The van der Waals surface area contributed by atoms with Gasteiger partial charge in [0.1, 0.15) is 16.9 Å². The van der Waals surface area contributed by atoms with Crippen molar-refractivity contribution in [1.29, 1.82) is 0 Å². The molecule has 0 aromatic carbocycles. The highest BCUT2D eigenvalue weighted by molar-refractivity contribution is 5.88. The first-order valence-corrected chi connectivity index (χ1v) is 7.55. The summed E-state index contributed by atoms with van der Waals surface area (Å²) in [5.74, 6) is 2.72. The number of rotatable bonds is 2. The number of piperidine rings is 1. The van der Waals surface area contributed by atoms with Gasteiger partial charge in [0, 0.05) is 26.6 Å². The zero-order valence-electron chi connectivity index (χ0n) is 12.8. The van der Waals surface area contributed by atoms with Gasteiger partial charge in [-0.3, -0.25) is 4.68 Å². The van der Waals surface area contributed by atoms with Gasteiger partial charge in [0.05, 0.1) is 5.69 Å². The van der Waals surface area contributed by atoms with Crippen LogP contribution in [0.5, 0.6) is 0 Å². The maximum Gasteiger partial charge on any atom is 0.158 e. The molecule has 2 aromatic heterocycles. The first kappa shape index (κ1) is 13.3. The lowest BCUT2D eigenvalue weighted by Crippen LogP contribution is -2.35. The standard InChI is InChI=1S/C15H23N5/c1-5-12-16-13-11(3)18-19(4)14(13)15(17-12)20-8-6-7-10(2)9-20/h10H,5-9H2,1-4H3/t10-/m0/s1. The molecule has 1 fully saturated rings. The summed E-state index contributed by atoms with van der Waals surface area (Å²) in [5.41, 5.74) is 3.08. The van der Waals surface area contributed by atoms with Crippen molar-refractivity contribution in [2.45, 2.75) is 40.0 Å². The largest absolute Gasteiger partial charge is 0.354 e. The van der Waals surface area contributed by atoms with Crippen LogP contribution in [0, 0.1) is 12.8 Å². The van der Waals surface area contributed by atoms with Gasteiger partial charge < -0.3 is 4.90 Å². The van der Waals surface area contributed by atoms with Crippen molar-refractivity contribution in [3.8, 4) is 0 Å². The Morgan fingerprint density at radius 1 is 1.30 bits per heavy atom. The number of aryl methyl sites for hydroxylation is 3. The van der Waals surface area contributed by atoms with E-state index in [2.05, 4.69) is 28.8 Å². The molecule has 20 heavy (non-hydrogen) atoms. The molecule has 0 N–H and O–H groups in total. The number of hydrogen-bond donors (Lipinski definition) is 0. The molecule has 1 aliphatic rings. The monoisotopic (exact) mass is 273 g/mol. The number of hydrogen-bond acceptors (Lipinski definition) is 4. The SMILES string of the molecule is CCc1nc(N2CCC[C@H](C)C2)c2c(n1)c(C)nn2C. The molecule has 1 aliphatic heterocycles. The lowest BCUT2D eigenvalue weighted by atomic mass is 10.0. The third-order valence-corrected chi connectivity index (χ3v) is 4.15. The minimum Gasteiger partial charge on any atom is -0.354 e. The van der Waals surface area contributed by atoms with E-state index >= 15 is 0 Å². The van der Waals surface area contributed by atoms with Gasteiger partial charge in [-0.15, -0.1) is 0 Å². The molecule has 0 amide bonds. The van der Waals surface area contributed by atoms with E-state index in [4.69, 9.17) is 4.98 Å². The summed E-state index contributed by atoms with van der Waals surface area (Å²) in [4.78, 5) is 11.9. The third-order valence-electron chi connectivity index (χ3n) is 4.15. The normalized spacial score (nSPS) is 19.8. The van der Waals surface area contributed by atoms with E-state index in [1.807, 2.05) is 18.7 Å². The third kappa shape index (κ3) is 2.15. The van der Waals surface area contributed by atoms with Crippen LogP contribution in [0.15, 0.2) is 0 Å². The Morgan fingerprint density at radius 3 is 2.80 bits per heavy atom. The van der Waals surface area contributed by atoms with Gasteiger partial charge in [0.15, 0.2) is 5.82 Å². The maximum atomic E-state index is 4.81. The number of aromatic nitrogens is 4. The van der Waals surface area contributed by atoms with Crippen molar-refractivity contribution in [1.82, 2.24) is 19.7 Å². The summed E-state index contributed by atoms with van der Waals surface area (Å²) < 4.78 is 1.93. The van der Waals surface area contributed by atoms with Crippen molar-refractivity contribution in [2.24, 2.45) is 13.0 Å². The Morgan fingerprint density at radius 2 is 2.10 bits per heavy atom. The molecular formula is C15H23N5. The van der Waals surface area contributed by atoms with Crippen molar-refractivity contribution < 1.29 is 0 Å². The van der Waals surface area contributed by atoms with E-state index in [0.29, 0.717) is 0 Å². The average molecular weight is 273 g/mol. The maximum absolute atomic E-state index is 4.81. The predicted octanol–water partition coefficient (Wildman–Crippen LogP) is 2.47. The van der Waals surface area contributed by atoms with E-state index in [9.17, 15) is 0 Å². The molecule has 2 aromatic rings. The van der Waals surface area contributed by atoms with Gasteiger partial charge in [0.25, 0.3) is 0 Å². The van der Waals surface area contributed by atoms with E-state index < -0.39 is 0 Å². The molecule has 3 rings (SSSR count). The van der Waals surface area contributed by atoms with Crippen LogP contribution in [0.2, 0.25) is 0 Å². The van der Waals surface area contributed by atoms with Gasteiger partial charge in [-0.2, -0.15) is 5.10 Å². The van der Waals surface area contributed by atoms with Gasteiger partial charge in [-0.05, 0) is 25.7 Å². The summed E-state index contributed by atoms with van der Waals surface area (Å²) >= 11 is 0. The minimum absolute atomic E-state index is 0.730. The molecule has 1 saturated heterocycles. The van der Waals surface area contributed by atoms with Gasteiger partial charge >= 0.3 is 0 Å². The molecule has 5 heteroatoms. The number of nitrogens with zero attached hydrogens (tertiary/aromatic N) is 5. The van der Waals surface area contributed by atoms with Crippen LogP contribution < -0.4 is 4.90 Å². The lowest BCUT2D eigenvalue weighted by Gasteiger charge is -2.32. The van der Waals surface area contributed by atoms with Crippen LogP contribution in [-0.4, -0.2) is 32.8 Å². The van der Waals surface area contributed by atoms with Gasteiger partial charge in [-0.1, -0.05) is 13.8 Å². The topological polar surface area (TPSA) is 46.8 Å². The quantitative estimate of drug-likeness (QED) is 0.843. The Bertz CT molecular complexity index is 631. The second-order valence-corrected chi connectivity index (χ2v) is 5.92. The lowest BCUT2D eigenvalue weighted by molar-refractivity contribution is 0.444. The first-order chi connectivity index (χ1) is 9.60. The Balaban J connectivity index is 2.17. The molecule has 1 atom stereocenters. The number of fused-ring (bicyclic) bond motifs is 1. The molecule has 108 valence electrons. The van der Waals surface area contributed by atoms with Crippen LogP contribution in [0.25, 0.3) is 11.0 Å². The zero-order chi connectivity index (χ0) is 14.3.